The Morgan fingerprint density at radius 2 is 1.34 bits per heavy atom. The SMILES string of the molecule is CC/C=C\C/C=C\C/C=C\C/C=C\C/C=C\C/C=C\CCC(=O)NCCCOC(=O)c1ccc(C(F)(F)F)cc1O. The number of carbonyl (C=O) groups excluding carboxylic acids is 2. The number of hydrogen-bond acceptors (Lipinski definition) is 4. The van der Waals surface area contributed by atoms with Gasteiger partial charge in [-0.2, -0.15) is 13.2 Å². The molecule has 8 heteroatoms. The number of rotatable bonds is 19. The van der Waals surface area contributed by atoms with E-state index in [0.29, 0.717) is 31.4 Å². The van der Waals surface area contributed by atoms with Crippen molar-refractivity contribution in [1.82, 2.24) is 5.32 Å². The standard InChI is InChI=1S/C33H42F3NO4/c1-2-3-4-5-6-7-8-9-10-11-12-13-14-15-16-17-18-19-20-22-31(39)37-25-21-26-41-32(40)29-24-23-28(27-30(29)38)33(34,35)36/h3-4,6-7,9-10,12-13,15-16,18-19,23-24,27,38H,2,5,8,11,14,17,20-22,25-26H2,1H3,(H,37,39)/b4-3-,7-6-,10-9-,13-12-,16-15-,19-18-. The smallest absolute Gasteiger partial charge is 0.416 e. The molecule has 2 N–H and O–H groups in total. The van der Waals surface area contributed by atoms with Crippen LogP contribution < -0.4 is 5.32 Å². The molecule has 5 nitrogen and oxygen atoms in total. The maximum atomic E-state index is 12.6. The zero-order valence-electron chi connectivity index (χ0n) is 23.7. The van der Waals surface area contributed by atoms with Crippen molar-refractivity contribution in [2.75, 3.05) is 13.2 Å². The van der Waals surface area contributed by atoms with Gasteiger partial charge in [0.1, 0.15) is 11.3 Å². The number of benzene rings is 1. The fourth-order valence-electron chi connectivity index (χ4n) is 3.37. The second-order valence-corrected chi connectivity index (χ2v) is 9.02. The van der Waals surface area contributed by atoms with Gasteiger partial charge in [-0.3, -0.25) is 4.79 Å². The van der Waals surface area contributed by atoms with Gasteiger partial charge in [0.05, 0.1) is 12.2 Å². The minimum atomic E-state index is -4.62. The Morgan fingerprint density at radius 3 is 1.83 bits per heavy atom. The monoisotopic (exact) mass is 573 g/mol. The summed E-state index contributed by atoms with van der Waals surface area (Å²) in [5.41, 5.74) is -1.41. The van der Waals surface area contributed by atoms with Gasteiger partial charge in [0.25, 0.3) is 0 Å². The van der Waals surface area contributed by atoms with Crippen molar-refractivity contribution < 1.29 is 32.6 Å². The summed E-state index contributed by atoms with van der Waals surface area (Å²) in [6.45, 7) is 2.37. The molecule has 0 aliphatic heterocycles. The molecular formula is C33H42F3NO4. The van der Waals surface area contributed by atoms with Gasteiger partial charge in [-0.1, -0.05) is 79.8 Å². The predicted octanol–water partition coefficient (Wildman–Crippen LogP) is 8.55. The Balaban J connectivity index is 2.06. The fraction of sp³-hybridized carbons (Fsp3) is 0.394. The van der Waals surface area contributed by atoms with Gasteiger partial charge in [-0.25, -0.2) is 4.79 Å². The molecular weight excluding hydrogens is 531 g/mol. The van der Waals surface area contributed by atoms with Crippen LogP contribution in [0.3, 0.4) is 0 Å². The largest absolute Gasteiger partial charge is 0.507 e. The first-order chi connectivity index (χ1) is 19.8. The number of nitrogens with one attached hydrogen (secondary N) is 1. The third-order valence-electron chi connectivity index (χ3n) is 5.56. The molecule has 0 fully saturated rings. The number of halogens is 3. The summed E-state index contributed by atoms with van der Waals surface area (Å²) in [6.07, 6.45) is 27.8. The summed E-state index contributed by atoms with van der Waals surface area (Å²) >= 11 is 0. The highest BCUT2D eigenvalue weighted by atomic mass is 19.4. The van der Waals surface area contributed by atoms with E-state index in [1.165, 1.54) is 0 Å². The molecule has 0 heterocycles. The average molecular weight is 574 g/mol. The molecule has 41 heavy (non-hydrogen) atoms. The topological polar surface area (TPSA) is 75.6 Å². The molecule has 0 saturated carbocycles. The molecule has 0 spiro atoms. The number of carbonyl (C=O) groups is 2. The number of alkyl halides is 3. The van der Waals surface area contributed by atoms with Crippen LogP contribution in [-0.2, 0) is 15.7 Å². The van der Waals surface area contributed by atoms with Crippen molar-refractivity contribution in [2.45, 2.75) is 70.9 Å². The lowest BCUT2D eigenvalue weighted by atomic mass is 10.1. The molecule has 0 aliphatic rings. The molecule has 1 rings (SSSR count). The maximum absolute atomic E-state index is 12.6. The second-order valence-electron chi connectivity index (χ2n) is 9.02. The Labute approximate surface area is 241 Å². The molecule has 1 amide bonds. The Kier molecular flexibility index (Phi) is 18.8. The summed E-state index contributed by atoms with van der Waals surface area (Å²) in [5, 5.41) is 12.4. The highest BCUT2D eigenvalue weighted by Gasteiger charge is 2.31. The number of esters is 1. The van der Waals surface area contributed by atoms with E-state index in [4.69, 9.17) is 4.74 Å². The molecule has 0 aromatic heterocycles. The highest BCUT2D eigenvalue weighted by molar-refractivity contribution is 5.92. The highest BCUT2D eigenvalue weighted by Crippen LogP contribution is 2.32. The molecule has 224 valence electrons. The minimum absolute atomic E-state index is 0.0489. The first kappa shape index (κ1) is 35.2. The van der Waals surface area contributed by atoms with E-state index in [-0.39, 0.29) is 24.6 Å². The summed E-state index contributed by atoms with van der Waals surface area (Å²) < 4.78 is 42.9. The Hall–Kier alpha value is -3.81. The number of ether oxygens (including phenoxy) is 1. The minimum Gasteiger partial charge on any atom is -0.507 e. The first-order valence-corrected chi connectivity index (χ1v) is 14.0. The van der Waals surface area contributed by atoms with Crippen LogP contribution >= 0.6 is 0 Å². The van der Waals surface area contributed by atoms with Crippen molar-refractivity contribution >= 4 is 11.9 Å². The molecule has 0 atom stereocenters. The van der Waals surface area contributed by atoms with E-state index >= 15 is 0 Å². The molecule has 0 radical (unpaired) electrons. The summed E-state index contributed by atoms with van der Waals surface area (Å²) in [6, 6.07) is 2.06. The van der Waals surface area contributed by atoms with Crippen molar-refractivity contribution in [3.05, 3.63) is 102 Å². The number of hydrogen-bond donors (Lipinski definition) is 2. The van der Waals surface area contributed by atoms with E-state index in [2.05, 4.69) is 73.0 Å². The van der Waals surface area contributed by atoms with Crippen molar-refractivity contribution in [2.24, 2.45) is 0 Å². The van der Waals surface area contributed by atoms with Crippen LogP contribution in [0.15, 0.2) is 91.1 Å². The van der Waals surface area contributed by atoms with Gasteiger partial charge in [0.15, 0.2) is 0 Å². The van der Waals surface area contributed by atoms with Gasteiger partial charge in [-0.15, -0.1) is 0 Å². The third kappa shape index (κ3) is 18.2. The van der Waals surface area contributed by atoms with Crippen LogP contribution in [0.4, 0.5) is 13.2 Å². The van der Waals surface area contributed by atoms with E-state index < -0.39 is 23.5 Å². The van der Waals surface area contributed by atoms with Gasteiger partial charge in [0.2, 0.25) is 5.91 Å². The lowest BCUT2D eigenvalue weighted by Crippen LogP contribution is -2.25. The summed E-state index contributed by atoms with van der Waals surface area (Å²) in [7, 11) is 0. The molecule has 1 aromatic rings. The number of amides is 1. The van der Waals surface area contributed by atoms with Crippen LogP contribution in [0.2, 0.25) is 0 Å². The van der Waals surface area contributed by atoms with Gasteiger partial charge in [-0.05, 0) is 69.6 Å². The van der Waals surface area contributed by atoms with Crippen molar-refractivity contribution in [3.8, 4) is 5.75 Å². The molecule has 0 unspecified atom stereocenters. The normalized spacial score (nSPS) is 12.7. The van der Waals surface area contributed by atoms with Gasteiger partial charge < -0.3 is 15.2 Å². The zero-order valence-corrected chi connectivity index (χ0v) is 23.7. The number of phenolic OH excluding ortho intramolecular Hbond substituents is 1. The molecule has 0 aliphatic carbocycles. The summed E-state index contributed by atoms with van der Waals surface area (Å²) in [5.74, 6) is -1.86. The maximum Gasteiger partial charge on any atom is 0.416 e. The average Bonchev–Trinajstić information content (AvgIpc) is 2.93. The Morgan fingerprint density at radius 1 is 0.829 bits per heavy atom. The first-order valence-electron chi connectivity index (χ1n) is 14.0. The van der Waals surface area contributed by atoms with Crippen LogP contribution in [-0.4, -0.2) is 30.1 Å². The lowest BCUT2D eigenvalue weighted by Gasteiger charge is -2.10. The number of phenols is 1. The van der Waals surface area contributed by atoms with E-state index in [1.54, 1.807) is 0 Å². The third-order valence-corrected chi connectivity index (χ3v) is 5.56. The molecule has 0 saturated heterocycles. The van der Waals surface area contributed by atoms with Crippen LogP contribution in [0.1, 0.15) is 80.6 Å². The van der Waals surface area contributed by atoms with Crippen LogP contribution in [0.25, 0.3) is 0 Å². The van der Waals surface area contributed by atoms with Crippen LogP contribution in [0.5, 0.6) is 5.75 Å². The zero-order chi connectivity index (χ0) is 30.2. The van der Waals surface area contributed by atoms with Crippen molar-refractivity contribution in [1.29, 1.82) is 0 Å². The lowest BCUT2D eigenvalue weighted by molar-refractivity contribution is -0.137. The van der Waals surface area contributed by atoms with Gasteiger partial charge in [0, 0.05) is 13.0 Å². The van der Waals surface area contributed by atoms with Crippen molar-refractivity contribution in [3.63, 3.8) is 0 Å². The van der Waals surface area contributed by atoms with E-state index in [1.807, 2.05) is 12.2 Å². The number of aromatic hydroxyl groups is 1. The predicted molar refractivity (Wildman–Crippen MR) is 158 cm³/mol. The fourth-order valence-corrected chi connectivity index (χ4v) is 3.37. The van der Waals surface area contributed by atoms with Crippen LogP contribution in [0, 0.1) is 0 Å². The number of allylic oxidation sites excluding steroid dienone is 12. The van der Waals surface area contributed by atoms with E-state index in [9.17, 15) is 27.9 Å². The Bertz CT molecular complexity index is 1080. The summed E-state index contributed by atoms with van der Waals surface area (Å²) in [4.78, 5) is 23.8. The van der Waals surface area contributed by atoms with Gasteiger partial charge >= 0.3 is 12.1 Å². The quantitative estimate of drug-likeness (QED) is 0.0988. The molecule has 1 aromatic carbocycles. The second kappa shape index (κ2) is 21.9. The van der Waals surface area contributed by atoms with E-state index in [0.717, 1.165) is 44.6 Å². The molecule has 0 bridgehead atoms.